The monoisotopic (exact) mass is 319 g/mol. The van der Waals surface area contributed by atoms with Crippen LogP contribution in [0.25, 0.3) is 6.08 Å². The Morgan fingerprint density at radius 1 is 1.36 bits per heavy atom. The Bertz CT molecular complexity index is 625. The first-order valence-electron chi connectivity index (χ1n) is 7.17. The standard InChI is InChI=1S/C14H17N5O2S/c15-7-9-1-3-19(4-2-9)12-6-10(16-8-17-12)5-11-13(20)18-14(21)22-11/h5-6,8-9H,1-4,7,15H2,(H,18,20,21)/b11-5-. The van der Waals surface area contributed by atoms with Gasteiger partial charge in [-0.2, -0.15) is 0 Å². The van der Waals surface area contributed by atoms with Crippen LogP contribution >= 0.6 is 11.8 Å². The molecule has 3 rings (SSSR count). The molecule has 0 atom stereocenters. The van der Waals surface area contributed by atoms with Gasteiger partial charge in [0.25, 0.3) is 11.1 Å². The normalized spacial score (nSPS) is 21.5. The Kier molecular flexibility index (Phi) is 4.39. The molecule has 116 valence electrons. The van der Waals surface area contributed by atoms with Crippen LogP contribution in [0.1, 0.15) is 18.5 Å². The molecular weight excluding hydrogens is 302 g/mol. The summed E-state index contributed by atoms with van der Waals surface area (Å²) in [4.78, 5) is 33.7. The van der Waals surface area contributed by atoms with Gasteiger partial charge < -0.3 is 10.6 Å². The van der Waals surface area contributed by atoms with Gasteiger partial charge in [-0.15, -0.1) is 0 Å². The Hall–Kier alpha value is -1.93. The molecular formula is C14H17N5O2S. The molecule has 0 bridgehead atoms. The zero-order valence-corrected chi connectivity index (χ0v) is 12.8. The molecule has 7 nitrogen and oxygen atoms in total. The van der Waals surface area contributed by atoms with Crippen molar-refractivity contribution in [3.8, 4) is 0 Å². The largest absolute Gasteiger partial charge is 0.356 e. The first kappa shape index (κ1) is 15.0. The van der Waals surface area contributed by atoms with Crippen molar-refractivity contribution in [2.24, 2.45) is 11.7 Å². The summed E-state index contributed by atoms with van der Waals surface area (Å²) < 4.78 is 0. The topological polar surface area (TPSA) is 101 Å². The molecule has 0 aliphatic carbocycles. The molecule has 22 heavy (non-hydrogen) atoms. The predicted molar refractivity (Wildman–Crippen MR) is 85.1 cm³/mol. The van der Waals surface area contributed by atoms with E-state index in [9.17, 15) is 9.59 Å². The van der Waals surface area contributed by atoms with Gasteiger partial charge in [0, 0.05) is 19.2 Å². The lowest BCUT2D eigenvalue weighted by atomic mass is 9.97. The molecule has 1 aromatic rings. The van der Waals surface area contributed by atoms with E-state index < -0.39 is 0 Å². The molecule has 0 spiro atoms. The third kappa shape index (κ3) is 3.28. The number of nitrogens with zero attached hydrogens (tertiary/aromatic N) is 3. The number of nitrogens with one attached hydrogen (secondary N) is 1. The summed E-state index contributed by atoms with van der Waals surface area (Å²) in [6, 6.07) is 1.84. The number of imide groups is 1. The number of carbonyl (C=O) groups excluding carboxylic acids is 2. The highest BCUT2D eigenvalue weighted by atomic mass is 32.2. The quantitative estimate of drug-likeness (QED) is 0.801. The molecule has 2 fully saturated rings. The van der Waals surface area contributed by atoms with Crippen LogP contribution < -0.4 is 16.0 Å². The summed E-state index contributed by atoms with van der Waals surface area (Å²) >= 11 is 0.887. The third-order valence-electron chi connectivity index (χ3n) is 3.87. The molecule has 3 N–H and O–H groups in total. The summed E-state index contributed by atoms with van der Waals surface area (Å²) in [5.41, 5.74) is 6.33. The van der Waals surface area contributed by atoms with Gasteiger partial charge in [-0.3, -0.25) is 14.9 Å². The van der Waals surface area contributed by atoms with E-state index in [2.05, 4.69) is 20.2 Å². The fraction of sp³-hybridized carbons (Fsp3) is 0.429. The Balaban J connectivity index is 1.75. The van der Waals surface area contributed by atoms with Gasteiger partial charge in [-0.25, -0.2) is 9.97 Å². The zero-order chi connectivity index (χ0) is 15.5. The summed E-state index contributed by atoms with van der Waals surface area (Å²) in [6.45, 7) is 2.57. The average molecular weight is 319 g/mol. The molecule has 1 aromatic heterocycles. The molecule has 2 aliphatic rings. The van der Waals surface area contributed by atoms with Crippen LogP contribution in [0.5, 0.6) is 0 Å². The highest BCUT2D eigenvalue weighted by Crippen LogP contribution is 2.26. The summed E-state index contributed by atoms with van der Waals surface area (Å²) in [7, 11) is 0. The van der Waals surface area contributed by atoms with Crippen molar-refractivity contribution in [1.82, 2.24) is 15.3 Å². The van der Waals surface area contributed by atoms with Gasteiger partial charge in [0.15, 0.2) is 0 Å². The number of carbonyl (C=O) groups is 2. The average Bonchev–Trinajstić information content (AvgIpc) is 2.85. The molecule has 3 heterocycles. The van der Waals surface area contributed by atoms with Crippen molar-refractivity contribution in [2.75, 3.05) is 24.5 Å². The SMILES string of the molecule is NCC1CCN(c2cc(/C=C3\SC(=O)NC3=O)ncn2)CC1. The van der Waals surface area contributed by atoms with Gasteiger partial charge in [-0.1, -0.05) is 0 Å². The molecule has 2 saturated heterocycles. The van der Waals surface area contributed by atoms with E-state index in [1.807, 2.05) is 6.07 Å². The van der Waals surface area contributed by atoms with Gasteiger partial charge in [0.1, 0.15) is 12.1 Å². The number of aromatic nitrogens is 2. The van der Waals surface area contributed by atoms with Crippen LogP contribution in [0.2, 0.25) is 0 Å². The van der Waals surface area contributed by atoms with E-state index in [1.54, 1.807) is 6.08 Å². The first-order chi connectivity index (χ1) is 10.7. The maximum atomic E-state index is 11.6. The Labute approximate surface area is 132 Å². The van der Waals surface area contributed by atoms with E-state index >= 15 is 0 Å². The highest BCUT2D eigenvalue weighted by molar-refractivity contribution is 8.18. The second-order valence-electron chi connectivity index (χ2n) is 5.32. The maximum Gasteiger partial charge on any atom is 0.290 e. The number of hydrogen-bond acceptors (Lipinski definition) is 7. The lowest BCUT2D eigenvalue weighted by molar-refractivity contribution is -0.115. The van der Waals surface area contributed by atoms with Crippen molar-refractivity contribution >= 4 is 34.8 Å². The van der Waals surface area contributed by atoms with Crippen molar-refractivity contribution in [3.63, 3.8) is 0 Å². The molecule has 0 aromatic carbocycles. The number of piperidine rings is 1. The van der Waals surface area contributed by atoms with Crippen molar-refractivity contribution in [2.45, 2.75) is 12.8 Å². The lowest BCUT2D eigenvalue weighted by Crippen LogP contribution is -2.36. The fourth-order valence-electron chi connectivity index (χ4n) is 2.57. The second-order valence-corrected chi connectivity index (χ2v) is 6.33. The number of amides is 2. The van der Waals surface area contributed by atoms with E-state index in [1.165, 1.54) is 6.33 Å². The van der Waals surface area contributed by atoms with Crippen molar-refractivity contribution in [1.29, 1.82) is 0 Å². The minimum atomic E-state index is -0.376. The van der Waals surface area contributed by atoms with Crippen LogP contribution in [0.4, 0.5) is 10.6 Å². The summed E-state index contributed by atoms with van der Waals surface area (Å²) in [5.74, 6) is 1.05. The molecule has 2 aliphatic heterocycles. The Morgan fingerprint density at radius 3 is 2.77 bits per heavy atom. The second kappa shape index (κ2) is 6.45. The van der Waals surface area contributed by atoms with Crippen LogP contribution in [-0.4, -0.2) is 40.7 Å². The fourth-order valence-corrected chi connectivity index (χ4v) is 3.23. The van der Waals surface area contributed by atoms with Gasteiger partial charge >= 0.3 is 0 Å². The maximum absolute atomic E-state index is 11.6. The van der Waals surface area contributed by atoms with Crippen molar-refractivity contribution in [3.05, 3.63) is 23.0 Å². The smallest absolute Gasteiger partial charge is 0.290 e. The highest BCUT2D eigenvalue weighted by Gasteiger charge is 2.25. The number of nitrogens with two attached hydrogens (primary N) is 1. The van der Waals surface area contributed by atoms with Crippen LogP contribution in [0.15, 0.2) is 17.3 Å². The molecule has 8 heteroatoms. The molecule has 2 amide bonds. The first-order valence-corrected chi connectivity index (χ1v) is 7.99. The van der Waals surface area contributed by atoms with Crippen LogP contribution in [0.3, 0.4) is 0 Å². The van der Waals surface area contributed by atoms with E-state index in [4.69, 9.17) is 5.73 Å². The van der Waals surface area contributed by atoms with Gasteiger partial charge in [0.2, 0.25) is 0 Å². The Morgan fingerprint density at radius 2 is 2.14 bits per heavy atom. The minimum absolute atomic E-state index is 0.352. The van der Waals surface area contributed by atoms with E-state index in [0.717, 1.165) is 50.1 Å². The molecule has 0 unspecified atom stereocenters. The molecule has 0 saturated carbocycles. The molecule has 0 radical (unpaired) electrons. The van der Waals surface area contributed by atoms with Crippen molar-refractivity contribution < 1.29 is 9.59 Å². The number of thioether (sulfide) groups is 1. The lowest BCUT2D eigenvalue weighted by Gasteiger charge is -2.32. The predicted octanol–water partition coefficient (Wildman–Crippen LogP) is 0.976. The van der Waals surface area contributed by atoms with E-state index in [-0.39, 0.29) is 11.1 Å². The summed E-state index contributed by atoms with van der Waals surface area (Å²) in [5, 5.41) is 1.88. The van der Waals surface area contributed by atoms with Gasteiger partial charge in [-0.05, 0) is 43.1 Å². The van der Waals surface area contributed by atoms with Crippen LogP contribution in [-0.2, 0) is 4.79 Å². The number of hydrogen-bond donors (Lipinski definition) is 2. The van der Waals surface area contributed by atoms with Crippen LogP contribution in [0, 0.1) is 5.92 Å². The van der Waals surface area contributed by atoms with Gasteiger partial charge in [0.05, 0.1) is 10.6 Å². The van der Waals surface area contributed by atoms with E-state index in [0.29, 0.717) is 16.5 Å². The number of rotatable bonds is 3. The minimum Gasteiger partial charge on any atom is -0.356 e. The zero-order valence-electron chi connectivity index (χ0n) is 12.0. The summed E-state index contributed by atoms with van der Waals surface area (Å²) in [6.07, 6.45) is 5.21. The third-order valence-corrected chi connectivity index (χ3v) is 4.68. The number of anilines is 1.